The van der Waals surface area contributed by atoms with Gasteiger partial charge in [-0.25, -0.2) is 0 Å². The Morgan fingerprint density at radius 2 is 1.64 bits per heavy atom. The summed E-state index contributed by atoms with van der Waals surface area (Å²) in [5.74, 6) is 1.76. The van der Waals surface area contributed by atoms with Crippen LogP contribution in [0, 0.1) is 0 Å². The molecule has 2 atom stereocenters. The van der Waals surface area contributed by atoms with Crippen LogP contribution in [0.1, 0.15) is 31.9 Å². The molecule has 0 fully saturated rings. The molecule has 2 aromatic carbocycles. The Kier molecular flexibility index (Phi) is 6.69. The number of amides is 1. The van der Waals surface area contributed by atoms with Crippen LogP contribution in [0.2, 0.25) is 0 Å². The molecule has 0 aliphatic rings. The second-order valence-electron chi connectivity index (χ2n) is 5.65. The summed E-state index contributed by atoms with van der Waals surface area (Å²) in [6, 6.07) is 14.9. The van der Waals surface area contributed by atoms with Crippen molar-refractivity contribution in [2.45, 2.75) is 32.4 Å². The number of nitrogens with one attached hydrogen (secondary N) is 1. The van der Waals surface area contributed by atoms with Gasteiger partial charge in [-0.1, -0.05) is 31.2 Å². The van der Waals surface area contributed by atoms with Crippen molar-refractivity contribution < 1.29 is 19.0 Å². The van der Waals surface area contributed by atoms with Gasteiger partial charge in [0, 0.05) is 0 Å². The summed E-state index contributed by atoms with van der Waals surface area (Å²) in [6.45, 7) is 3.75. The molecule has 0 aliphatic carbocycles. The normalized spacial score (nSPS) is 12.8. The summed E-state index contributed by atoms with van der Waals surface area (Å²) in [6.07, 6.45) is 0.142. The zero-order chi connectivity index (χ0) is 18.2. The van der Waals surface area contributed by atoms with Gasteiger partial charge in [0.15, 0.2) is 17.6 Å². The zero-order valence-corrected chi connectivity index (χ0v) is 15.1. The van der Waals surface area contributed by atoms with Crippen LogP contribution in [0.3, 0.4) is 0 Å². The third kappa shape index (κ3) is 4.89. The molecule has 0 unspecified atom stereocenters. The maximum Gasteiger partial charge on any atom is 0.261 e. The molecule has 0 radical (unpaired) electrons. The summed E-state index contributed by atoms with van der Waals surface area (Å²) in [7, 11) is 3.20. The van der Waals surface area contributed by atoms with Gasteiger partial charge in [-0.15, -0.1) is 0 Å². The number of ether oxygens (including phenoxy) is 3. The smallest absolute Gasteiger partial charge is 0.261 e. The van der Waals surface area contributed by atoms with Crippen molar-refractivity contribution in [1.82, 2.24) is 5.32 Å². The first-order chi connectivity index (χ1) is 12.1. The van der Waals surface area contributed by atoms with E-state index >= 15 is 0 Å². The number of hydrogen-bond donors (Lipinski definition) is 1. The molecule has 0 saturated heterocycles. The number of methoxy groups -OCH3 is 2. The number of benzene rings is 2. The second kappa shape index (κ2) is 8.97. The molecule has 1 amide bonds. The van der Waals surface area contributed by atoms with Gasteiger partial charge in [-0.3, -0.25) is 4.79 Å². The van der Waals surface area contributed by atoms with Crippen LogP contribution in [0.15, 0.2) is 48.5 Å². The Labute approximate surface area is 148 Å². The van der Waals surface area contributed by atoms with E-state index in [0.717, 1.165) is 17.7 Å². The quantitative estimate of drug-likeness (QED) is 0.793. The molecule has 0 aromatic heterocycles. The fraction of sp³-hybridized carbons (Fsp3) is 0.350. The van der Waals surface area contributed by atoms with Gasteiger partial charge in [0.1, 0.15) is 5.75 Å². The molecule has 2 aromatic rings. The third-order valence-electron chi connectivity index (χ3n) is 3.98. The highest BCUT2D eigenvalue weighted by molar-refractivity contribution is 5.81. The van der Waals surface area contributed by atoms with E-state index in [4.69, 9.17) is 14.2 Å². The lowest BCUT2D eigenvalue weighted by molar-refractivity contribution is -0.128. The minimum absolute atomic E-state index is 0.0814. The van der Waals surface area contributed by atoms with Gasteiger partial charge < -0.3 is 19.5 Å². The predicted octanol–water partition coefficient (Wildman–Crippen LogP) is 3.74. The molecule has 25 heavy (non-hydrogen) atoms. The van der Waals surface area contributed by atoms with Crippen LogP contribution >= 0.6 is 0 Å². The summed E-state index contributed by atoms with van der Waals surface area (Å²) < 4.78 is 16.2. The van der Waals surface area contributed by atoms with Crippen LogP contribution in [-0.4, -0.2) is 26.2 Å². The van der Waals surface area contributed by atoms with Crippen LogP contribution < -0.4 is 19.5 Å². The van der Waals surface area contributed by atoms with Crippen molar-refractivity contribution >= 4 is 5.91 Å². The van der Waals surface area contributed by atoms with Crippen molar-refractivity contribution in [3.63, 3.8) is 0 Å². The molecular weight excluding hydrogens is 318 g/mol. The first-order valence-corrected chi connectivity index (χ1v) is 8.33. The monoisotopic (exact) mass is 343 g/mol. The molecule has 5 heteroatoms. The van der Waals surface area contributed by atoms with Crippen molar-refractivity contribution in [3.8, 4) is 17.2 Å². The van der Waals surface area contributed by atoms with Gasteiger partial charge in [0.05, 0.1) is 20.3 Å². The zero-order valence-electron chi connectivity index (χ0n) is 15.1. The maximum atomic E-state index is 12.5. The van der Waals surface area contributed by atoms with E-state index in [1.807, 2.05) is 43.3 Å². The molecule has 1 N–H and O–H groups in total. The summed E-state index contributed by atoms with van der Waals surface area (Å²) in [5.41, 5.74) is 1.03. The molecule has 2 rings (SSSR count). The molecule has 0 spiro atoms. The molecule has 5 nitrogen and oxygen atoms in total. The van der Waals surface area contributed by atoms with E-state index in [-0.39, 0.29) is 11.9 Å². The third-order valence-corrected chi connectivity index (χ3v) is 3.98. The highest BCUT2D eigenvalue weighted by Crippen LogP contribution is 2.27. The van der Waals surface area contributed by atoms with E-state index in [2.05, 4.69) is 5.32 Å². The Morgan fingerprint density at radius 3 is 2.20 bits per heavy atom. The summed E-state index contributed by atoms with van der Waals surface area (Å²) >= 11 is 0. The lowest BCUT2D eigenvalue weighted by atomic mass is 10.0. The minimum Gasteiger partial charge on any atom is -0.497 e. The van der Waals surface area contributed by atoms with Crippen molar-refractivity contribution in [1.29, 1.82) is 0 Å². The number of para-hydroxylation sites is 2. The number of rotatable bonds is 8. The fourth-order valence-electron chi connectivity index (χ4n) is 2.51. The van der Waals surface area contributed by atoms with Gasteiger partial charge in [0.2, 0.25) is 0 Å². The Balaban J connectivity index is 2.02. The van der Waals surface area contributed by atoms with Crippen molar-refractivity contribution in [2.75, 3.05) is 14.2 Å². The molecular formula is C20H25NO4. The lowest BCUT2D eigenvalue weighted by Gasteiger charge is -2.21. The first-order valence-electron chi connectivity index (χ1n) is 8.33. The van der Waals surface area contributed by atoms with Crippen molar-refractivity contribution in [2.24, 2.45) is 0 Å². The van der Waals surface area contributed by atoms with E-state index in [0.29, 0.717) is 11.5 Å². The lowest BCUT2D eigenvalue weighted by Crippen LogP contribution is -2.38. The largest absolute Gasteiger partial charge is 0.497 e. The number of carbonyl (C=O) groups is 1. The first kappa shape index (κ1) is 18.6. The van der Waals surface area contributed by atoms with Gasteiger partial charge in [0.25, 0.3) is 5.91 Å². The van der Waals surface area contributed by atoms with E-state index in [1.165, 1.54) is 0 Å². The van der Waals surface area contributed by atoms with Crippen LogP contribution in [0.25, 0.3) is 0 Å². The van der Waals surface area contributed by atoms with E-state index in [1.54, 1.807) is 33.3 Å². The maximum absolute atomic E-state index is 12.5. The van der Waals surface area contributed by atoms with Crippen LogP contribution in [0.4, 0.5) is 0 Å². The van der Waals surface area contributed by atoms with E-state index in [9.17, 15) is 4.79 Å². The SMILES string of the molecule is CC[C@@H](NC(=O)[C@H](C)Oc1ccccc1OC)c1ccc(OC)cc1. The minimum atomic E-state index is -0.636. The molecule has 0 bridgehead atoms. The molecule has 134 valence electrons. The highest BCUT2D eigenvalue weighted by atomic mass is 16.5. The molecule has 0 heterocycles. The Morgan fingerprint density at radius 1 is 1.00 bits per heavy atom. The topological polar surface area (TPSA) is 56.8 Å². The summed E-state index contributed by atoms with van der Waals surface area (Å²) in [5, 5.41) is 3.03. The summed E-state index contributed by atoms with van der Waals surface area (Å²) in [4.78, 5) is 12.5. The standard InChI is InChI=1S/C20H25NO4/c1-5-17(15-10-12-16(23-3)13-11-15)21-20(22)14(2)25-19-9-7-6-8-18(19)24-4/h6-14,17H,5H2,1-4H3,(H,21,22)/t14-,17+/m0/s1. The van der Waals surface area contributed by atoms with Crippen LogP contribution in [0.5, 0.6) is 17.2 Å². The van der Waals surface area contributed by atoms with Gasteiger partial charge in [-0.05, 0) is 43.2 Å². The Bertz CT molecular complexity index is 684. The number of hydrogen-bond acceptors (Lipinski definition) is 4. The van der Waals surface area contributed by atoms with Gasteiger partial charge in [-0.2, -0.15) is 0 Å². The number of carbonyl (C=O) groups excluding carboxylic acids is 1. The molecule has 0 aliphatic heterocycles. The van der Waals surface area contributed by atoms with Gasteiger partial charge >= 0.3 is 0 Å². The van der Waals surface area contributed by atoms with E-state index < -0.39 is 6.10 Å². The van der Waals surface area contributed by atoms with Crippen LogP contribution in [-0.2, 0) is 4.79 Å². The molecule has 0 saturated carbocycles. The Hall–Kier alpha value is -2.69. The fourth-order valence-corrected chi connectivity index (χ4v) is 2.51. The second-order valence-corrected chi connectivity index (χ2v) is 5.65. The average Bonchev–Trinajstić information content (AvgIpc) is 2.66. The predicted molar refractivity (Wildman–Crippen MR) is 97.3 cm³/mol. The average molecular weight is 343 g/mol. The highest BCUT2D eigenvalue weighted by Gasteiger charge is 2.20. The van der Waals surface area contributed by atoms with Crippen molar-refractivity contribution in [3.05, 3.63) is 54.1 Å².